The van der Waals surface area contributed by atoms with E-state index in [1.165, 1.54) is 0 Å². The molecule has 78 valence electrons. The van der Waals surface area contributed by atoms with Crippen molar-refractivity contribution in [1.29, 1.82) is 0 Å². The summed E-state index contributed by atoms with van der Waals surface area (Å²) in [5, 5.41) is 0.591. The van der Waals surface area contributed by atoms with Crippen LogP contribution in [0.5, 0.6) is 0 Å². The van der Waals surface area contributed by atoms with Crippen LogP contribution in [-0.4, -0.2) is 31.4 Å². The number of hydrogen-bond donors (Lipinski definition) is 0. The average Bonchev–Trinajstić information content (AvgIpc) is 2.30. The number of benzene rings is 2. The summed E-state index contributed by atoms with van der Waals surface area (Å²) in [7, 11) is 23.3. The van der Waals surface area contributed by atoms with Crippen LogP contribution in [0.25, 0.3) is 11.1 Å². The van der Waals surface area contributed by atoms with Crippen molar-refractivity contribution in [2.45, 2.75) is 0 Å². The molecule has 6 heteroatoms. The molecule has 0 aromatic heterocycles. The van der Waals surface area contributed by atoms with Crippen molar-refractivity contribution >= 4 is 80.8 Å². The number of halogens is 2. The minimum absolute atomic E-state index is 0.293. The van der Waals surface area contributed by atoms with E-state index in [-0.39, 0.29) is 0 Å². The fourth-order valence-electron chi connectivity index (χ4n) is 1.70. The van der Waals surface area contributed by atoms with E-state index in [0.717, 1.165) is 10.0 Å². The topological polar surface area (TPSA) is 0 Å². The molecule has 2 rings (SSSR count). The van der Waals surface area contributed by atoms with Crippen molar-refractivity contribution in [3.63, 3.8) is 0 Å². The Bertz CT molecular complexity index is 608. The zero-order chi connectivity index (χ0) is 13.4. The van der Waals surface area contributed by atoms with Crippen LogP contribution in [0.2, 0.25) is 5.02 Å². The molecule has 0 aliphatic carbocycles. The van der Waals surface area contributed by atoms with Crippen LogP contribution in [0.4, 0.5) is 0 Å². The molecule has 0 fully saturated rings. The lowest BCUT2D eigenvalue weighted by atomic mass is 9.65. The molecule has 0 nitrogen and oxygen atoms in total. The SMILES string of the molecule is [B]c1cc(-c2cc(Cl)cc(Br)c2)c([B])c([B])c1[B]. The number of rotatable bonds is 1. The van der Waals surface area contributed by atoms with Crippen molar-refractivity contribution in [2.75, 3.05) is 0 Å². The van der Waals surface area contributed by atoms with E-state index in [1.54, 1.807) is 18.2 Å². The summed E-state index contributed by atoms with van der Waals surface area (Å²) >= 11 is 9.38. The third kappa shape index (κ3) is 2.57. The quantitative estimate of drug-likeness (QED) is 0.648. The molecule has 2 aromatic carbocycles. The van der Waals surface area contributed by atoms with Crippen molar-refractivity contribution in [3.05, 3.63) is 33.8 Å². The Morgan fingerprint density at radius 2 is 1.50 bits per heavy atom. The summed E-state index contributed by atoms with van der Waals surface area (Å²) in [6.07, 6.45) is 0. The Morgan fingerprint density at radius 3 is 2.11 bits per heavy atom. The summed E-state index contributed by atoms with van der Waals surface area (Å²) in [6.45, 7) is 0. The van der Waals surface area contributed by atoms with Gasteiger partial charge in [-0.2, -0.15) is 0 Å². The second-order valence-corrected chi connectivity index (χ2v) is 5.26. The molecule has 0 saturated heterocycles. The van der Waals surface area contributed by atoms with Gasteiger partial charge in [0.15, 0.2) is 0 Å². The first-order valence-electron chi connectivity index (χ1n) is 5.09. The molecule has 0 aliphatic heterocycles. The minimum Gasteiger partial charge on any atom is -0.111 e. The van der Waals surface area contributed by atoms with Crippen molar-refractivity contribution in [1.82, 2.24) is 0 Å². The molecule has 0 saturated carbocycles. The second kappa shape index (κ2) is 5.22. The third-order valence-electron chi connectivity index (χ3n) is 2.65. The Kier molecular flexibility index (Phi) is 4.03. The maximum Gasteiger partial charge on any atom is 0.113 e. The van der Waals surface area contributed by atoms with Gasteiger partial charge in [-0.3, -0.25) is 0 Å². The molecule has 0 N–H and O–H groups in total. The molecule has 0 amide bonds. The first-order chi connectivity index (χ1) is 8.40. The van der Waals surface area contributed by atoms with Crippen LogP contribution in [0.3, 0.4) is 0 Å². The highest BCUT2D eigenvalue weighted by molar-refractivity contribution is 9.10. The van der Waals surface area contributed by atoms with Crippen LogP contribution in [0.1, 0.15) is 0 Å². The lowest BCUT2D eigenvalue weighted by Crippen LogP contribution is -2.47. The zero-order valence-corrected chi connectivity index (χ0v) is 11.7. The Morgan fingerprint density at radius 1 is 0.833 bits per heavy atom. The average molecular weight is 307 g/mol. The molecule has 0 aliphatic rings. The highest BCUT2D eigenvalue weighted by Gasteiger charge is 2.08. The molecule has 18 heavy (non-hydrogen) atoms. The van der Waals surface area contributed by atoms with Crippen LogP contribution in [0, 0.1) is 0 Å². The molecule has 0 heterocycles. The van der Waals surface area contributed by atoms with Gasteiger partial charge in [0, 0.05) is 9.50 Å². The maximum atomic E-state index is 6.01. The van der Waals surface area contributed by atoms with E-state index in [0.29, 0.717) is 32.4 Å². The minimum atomic E-state index is 0.293. The Hall–Kier alpha value is -0.530. The van der Waals surface area contributed by atoms with Crippen LogP contribution in [0.15, 0.2) is 28.7 Å². The lowest BCUT2D eigenvalue weighted by molar-refractivity contribution is 1.63. The first-order valence-corrected chi connectivity index (χ1v) is 6.26. The van der Waals surface area contributed by atoms with Crippen LogP contribution in [-0.2, 0) is 0 Å². The van der Waals surface area contributed by atoms with Gasteiger partial charge in [0.2, 0.25) is 0 Å². The number of hydrogen-bond acceptors (Lipinski definition) is 0. The van der Waals surface area contributed by atoms with Gasteiger partial charge in [-0.1, -0.05) is 39.1 Å². The van der Waals surface area contributed by atoms with Crippen molar-refractivity contribution in [2.24, 2.45) is 0 Å². The summed E-state index contributed by atoms with van der Waals surface area (Å²) < 4.78 is 0.846. The maximum absolute atomic E-state index is 6.01. The van der Waals surface area contributed by atoms with Gasteiger partial charge in [0.1, 0.15) is 31.4 Å². The summed E-state index contributed by atoms with van der Waals surface area (Å²) in [6, 6.07) is 7.14. The zero-order valence-electron chi connectivity index (χ0n) is 9.37. The summed E-state index contributed by atoms with van der Waals surface area (Å²) in [4.78, 5) is 0. The van der Waals surface area contributed by atoms with E-state index in [4.69, 9.17) is 43.0 Å². The molecular formula is C12H4B4BrCl. The molecule has 0 atom stereocenters. The van der Waals surface area contributed by atoms with E-state index in [1.807, 2.05) is 6.07 Å². The molecular weight excluding hydrogens is 303 g/mol. The highest BCUT2D eigenvalue weighted by Crippen LogP contribution is 2.25. The monoisotopic (exact) mass is 306 g/mol. The van der Waals surface area contributed by atoms with E-state index in [2.05, 4.69) is 15.9 Å². The highest BCUT2D eigenvalue weighted by atomic mass is 79.9. The van der Waals surface area contributed by atoms with Crippen molar-refractivity contribution < 1.29 is 0 Å². The lowest BCUT2D eigenvalue weighted by Gasteiger charge is -2.16. The predicted molar refractivity (Wildman–Crippen MR) is 86.1 cm³/mol. The molecule has 2 aromatic rings. The van der Waals surface area contributed by atoms with Gasteiger partial charge in [0.25, 0.3) is 0 Å². The van der Waals surface area contributed by atoms with Gasteiger partial charge in [-0.05, 0) is 29.3 Å². The largest absolute Gasteiger partial charge is 0.113 e. The smallest absolute Gasteiger partial charge is 0.111 e. The fourth-order valence-corrected chi connectivity index (χ4v) is 2.56. The first kappa shape index (κ1) is 13.9. The van der Waals surface area contributed by atoms with Crippen LogP contribution < -0.4 is 21.9 Å². The molecule has 8 radical (unpaired) electrons. The Labute approximate surface area is 125 Å². The van der Waals surface area contributed by atoms with Gasteiger partial charge >= 0.3 is 0 Å². The van der Waals surface area contributed by atoms with Gasteiger partial charge < -0.3 is 0 Å². The second-order valence-electron chi connectivity index (χ2n) is 3.91. The van der Waals surface area contributed by atoms with E-state index in [9.17, 15) is 0 Å². The van der Waals surface area contributed by atoms with Gasteiger partial charge in [-0.15, -0.1) is 16.4 Å². The normalized spacial score (nSPS) is 10.6. The third-order valence-corrected chi connectivity index (χ3v) is 3.33. The predicted octanol–water partition coefficient (Wildman–Crippen LogP) is -0.0553. The summed E-state index contributed by atoms with van der Waals surface area (Å²) in [5.74, 6) is 0. The van der Waals surface area contributed by atoms with Gasteiger partial charge in [-0.25, -0.2) is 0 Å². The van der Waals surface area contributed by atoms with E-state index >= 15 is 0 Å². The van der Waals surface area contributed by atoms with Crippen molar-refractivity contribution in [3.8, 4) is 11.1 Å². The molecule has 0 spiro atoms. The molecule has 0 bridgehead atoms. The summed E-state index contributed by atoms with van der Waals surface area (Å²) in [5.41, 5.74) is 2.93. The van der Waals surface area contributed by atoms with Gasteiger partial charge in [0.05, 0.1) is 0 Å². The van der Waals surface area contributed by atoms with Crippen LogP contribution >= 0.6 is 27.5 Å². The Balaban J connectivity index is 2.71. The molecule has 0 unspecified atom stereocenters. The van der Waals surface area contributed by atoms with E-state index < -0.39 is 0 Å². The fraction of sp³-hybridized carbons (Fsp3) is 0. The standard InChI is InChI=1S/C12H4B4BrCl/c13-9-4-8(10(14)12(16)11(9)15)5-1-6(17)3-7(18)2-5/h1-4H.